The summed E-state index contributed by atoms with van der Waals surface area (Å²) >= 11 is 0. The molecule has 1 amide bonds. The predicted molar refractivity (Wildman–Crippen MR) is 77.7 cm³/mol. The number of anilines is 1. The van der Waals surface area contributed by atoms with Gasteiger partial charge in [0, 0.05) is 32.5 Å². The van der Waals surface area contributed by atoms with Crippen LogP contribution in [0.4, 0.5) is 5.69 Å². The van der Waals surface area contributed by atoms with Gasteiger partial charge in [0.05, 0.1) is 5.69 Å². The minimum atomic E-state index is -0.607. The molecule has 104 valence electrons. The Labute approximate surface area is 117 Å². The molecule has 5 heteroatoms. The summed E-state index contributed by atoms with van der Waals surface area (Å²) in [6.07, 6.45) is 1.61. The third-order valence-corrected chi connectivity index (χ3v) is 2.95. The van der Waals surface area contributed by atoms with Crippen molar-refractivity contribution < 1.29 is 9.59 Å². The summed E-state index contributed by atoms with van der Waals surface area (Å²) in [5.74, 6) is -1.16. The molecule has 1 heterocycles. The average molecular weight is 271 g/mol. The fourth-order valence-corrected chi connectivity index (χ4v) is 1.77. The number of aromatic amines is 1. The predicted octanol–water partition coefficient (Wildman–Crippen LogP) is 1.58. The summed E-state index contributed by atoms with van der Waals surface area (Å²) in [5.41, 5.74) is 2.33. The molecule has 5 nitrogen and oxygen atoms in total. The molecule has 0 spiro atoms. The van der Waals surface area contributed by atoms with E-state index in [0.717, 1.165) is 11.3 Å². The van der Waals surface area contributed by atoms with Crippen LogP contribution in [0.15, 0.2) is 42.6 Å². The maximum Gasteiger partial charge on any atom is 0.294 e. The zero-order valence-corrected chi connectivity index (χ0v) is 11.5. The topological polar surface area (TPSA) is 65.2 Å². The monoisotopic (exact) mass is 271 g/mol. The molecule has 0 aliphatic carbocycles. The van der Waals surface area contributed by atoms with Gasteiger partial charge in [-0.2, -0.15) is 0 Å². The van der Waals surface area contributed by atoms with E-state index in [1.807, 2.05) is 43.3 Å². The number of benzene rings is 1. The maximum absolute atomic E-state index is 11.7. The van der Waals surface area contributed by atoms with Crippen LogP contribution in [0.25, 0.3) is 0 Å². The van der Waals surface area contributed by atoms with Gasteiger partial charge < -0.3 is 15.2 Å². The van der Waals surface area contributed by atoms with E-state index in [-0.39, 0.29) is 0 Å². The van der Waals surface area contributed by atoms with E-state index in [0.29, 0.717) is 12.2 Å². The molecule has 20 heavy (non-hydrogen) atoms. The molecule has 0 aliphatic heterocycles. The summed E-state index contributed by atoms with van der Waals surface area (Å²) in [6, 6.07) is 11.0. The minimum Gasteiger partial charge on any atom is -0.378 e. The van der Waals surface area contributed by atoms with Gasteiger partial charge in [0.1, 0.15) is 0 Å². The molecule has 2 rings (SSSR count). The van der Waals surface area contributed by atoms with E-state index in [9.17, 15) is 9.59 Å². The second-order valence-electron chi connectivity index (χ2n) is 4.66. The molecular formula is C15H17N3O2. The molecule has 2 N–H and O–H groups in total. The maximum atomic E-state index is 11.7. The SMILES string of the molecule is CN(C)c1ccc(CNC(=O)C(=O)c2ccc[nH]2)cc1. The Morgan fingerprint density at radius 3 is 2.40 bits per heavy atom. The van der Waals surface area contributed by atoms with Crippen molar-refractivity contribution in [2.75, 3.05) is 19.0 Å². The third kappa shape index (κ3) is 3.26. The number of nitrogens with zero attached hydrogens (tertiary/aromatic N) is 1. The quantitative estimate of drug-likeness (QED) is 0.641. The summed E-state index contributed by atoms with van der Waals surface area (Å²) in [6.45, 7) is 0.332. The van der Waals surface area contributed by atoms with Crippen LogP contribution in [-0.4, -0.2) is 30.8 Å². The van der Waals surface area contributed by atoms with Gasteiger partial charge in [-0.1, -0.05) is 12.1 Å². The van der Waals surface area contributed by atoms with Crippen LogP contribution in [-0.2, 0) is 11.3 Å². The minimum absolute atomic E-state index is 0.297. The second kappa shape index (κ2) is 6.06. The van der Waals surface area contributed by atoms with Crippen LogP contribution in [0.3, 0.4) is 0 Å². The van der Waals surface area contributed by atoms with Crippen molar-refractivity contribution in [2.45, 2.75) is 6.54 Å². The summed E-state index contributed by atoms with van der Waals surface area (Å²) < 4.78 is 0. The van der Waals surface area contributed by atoms with Crippen LogP contribution >= 0.6 is 0 Å². The Hall–Kier alpha value is -2.56. The number of Topliss-reactive ketones (excluding diaryl/α,β-unsaturated/α-hetero) is 1. The third-order valence-electron chi connectivity index (χ3n) is 2.95. The van der Waals surface area contributed by atoms with Gasteiger partial charge in [-0.05, 0) is 29.8 Å². The summed E-state index contributed by atoms with van der Waals surface area (Å²) in [5, 5.41) is 2.61. The second-order valence-corrected chi connectivity index (χ2v) is 4.66. The van der Waals surface area contributed by atoms with Crippen molar-refractivity contribution >= 4 is 17.4 Å². The van der Waals surface area contributed by atoms with E-state index in [2.05, 4.69) is 10.3 Å². The van der Waals surface area contributed by atoms with E-state index >= 15 is 0 Å². The molecule has 1 aromatic heterocycles. The first-order valence-electron chi connectivity index (χ1n) is 6.30. The smallest absolute Gasteiger partial charge is 0.294 e. The first kappa shape index (κ1) is 13.9. The van der Waals surface area contributed by atoms with Gasteiger partial charge in [-0.25, -0.2) is 0 Å². The average Bonchev–Trinajstić information content (AvgIpc) is 2.98. The van der Waals surface area contributed by atoms with Crippen molar-refractivity contribution in [3.05, 3.63) is 53.9 Å². The van der Waals surface area contributed by atoms with Gasteiger partial charge in [0.2, 0.25) is 0 Å². The number of H-pyrrole nitrogens is 1. The zero-order valence-electron chi connectivity index (χ0n) is 11.5. The highest BCUT2D eigenvalue weighted by Gasteiger charge is 2.16. The molecule has 0 fully saturated rings. The van der Waals surface area contributed by atoms with Gasteiger partial charge in [-0.3, -0.25) is 9.59 Å². The number of amides is 1. The van der Waals surface area contributed by atoms with Crippen molar-refractivity contribution in [3.8, 4) is 0 Å². The van der Waals surface area contributed by atoms with Crippen molar-refractivity contribution in [3.63, 3.8) is 0 Å². The van der Waals surface area contributed by atoms with Crippen LogP contribution in [0.5, 0.6) is 0 Å². The lowest BCUT2D eigenvalue weighted by atomic mass is 10.2. The Bertz CT molecular complexity index is 586. The lowest BCUT2D eigenvalue weighted by Gasteiger charge is -2.12. The lowest BCUT2D eigenvalue weighted by molar-refractivity contribution is -0.117. The molecule has 0 saturated heterocycles. The molecule has 0 unspecified atom stereocenters. The Morgan fingerprint density at radius 2 is 1.85 bits per heavy atom. The first-order valence-corrected chi connectivity index (χ1v) is 6.30. The van der Waals surface area contributed by atoms with E-state index in [1.54, 1.807) is 18.3 Å². The largest absolute Gasteiger partial charge is 0.378 e. The number of nitrogens with one attached hydrogen (secondary N) is 2. The molecule has 0 saturated carbocycles. The van der Waals surface area contributed by atoms with E-state index in [1.165, 1.54) is 0 Å². The molecule has 0 bridgehead atoms. The molecule has 0 radical (unpaired) electrons. The number of aromatic nitrogens is 1. The Balaban J connectivity index is 1.92. The van der Waals surface area contributed by atoms with Crippen LogP contribution in [0, 0.1) is 0 Å². The number of hydrogen-bond donors (Lipinski definition) is 2. The van der Waals surface area contributed by atoms with Crippen molar-refractivity contribution in [1.82, 2.24) is 10.3 Å². The van der Waals surface area contributed by atoms with Crippen molar-refractivity contribution in [2.24, 2.45) is 0 Å². The van der Waals surface area contributed by atoms with Gasteiger partial charge in [0.25, 0.3) is 11.7 Å². The van der Waals surface area contributed by atoms with Gasteiger partial charge >= 0.3 is 0 Å². The molecule has 2 aromatic rings. The highest BCUT2D eigenvalue weighted by Crippen LogP contribution is 2.12. The fourth-order valence-electron chi connectivity index (χ4n) is 1.77. The fraction of sp³-hybridized carbons (Fsp3) is 0.200. The standard InChI is InChI=1S/C15H17N3O2/c1-18(2)12-7-5-11(6-8-12)10-17-15(20)14(19)13-4-3-9-16-13/h3-9,16H,10H2,1-2H3,(H,17,20). The van der Waals surface area contributed by atoms with E-state index in [4.69, 9.17) is 0 Å². The van der Waals surface area contributed by atoms with Crippen LogP contribution < -0.4 is 10.2 Å². The number of carbonyl (C=O) groups is 2. The van der Waals surface area contributed by atoms with Crippen LogP contribution in [0.1, 0.15) is 16.1 Å². The Kier molecular flexibility index (Phi) is 4.20. The number of hydrogen-bond acceptors (Lipinski definition) is 3. The van der Waals surface area contributed by atoms with Crippen molar-refractivity contribution in [1.29, 1.82) is 0 Å². The van der Waals surface area contributed by atoms with Crippen LogP contribution in [0.2, 0.25) is 0 Å². The number of rotatable bonds is 5. The summed E-state index contributed by atoms with van der Waals surface area (Å²) in [4.78, 5) is 28.1. The zero-order chi connectivity index (χ0) is 14.5. The van der Waals surface area contributed by atoms with E-state index < -0.39 is 11.7 Å². The Morgan fingerprint density at radius 1 is 1.15 bits per heavy atom. The number of carbonyl (C=O) groups excluding carboxylic acids is 2. The molecule has 0 atom stereocenters. The lowest BCUT2D eigenvalue weighted by Crippen LogP contribution is -2.30. The highest BCUT2D eigenvalue weighted by atomic mass is 16.2. The molecule has 0 aliphatic rings. The highest BCUT2D eigenvalue weighted by molar-refractivity contribution is 6.42. The number of ketones is 1. The molecule has 1 aromatic carbocycles. The first-order chi connectivity index (χ1) is 9.58. The van der Waals surface area contributed by atoms with Gasteiger partial charge in [0.15, 0.2) is 0 Å². The summed E-state index contributed by atoms with van der Waals surface area (Å²) in [7, 11) is 3.93. The normalized spacial score (nSPS) is 10.1. The van der Waals surface area contributed by atoms with Gasteiger partial charge in [-0.15, -0.1) is 0 Å². The molecular weight excluding hydrogens is 254 g/mol.